The van der Waals surface area contributed by atoms with Crippen LogP contribution in [0, 0.1) is 11.3 Å². The van der Waals surface area contributed by atoms with Gasteiger partial charge in [0.15, 0.2) is 0 Å². The van der Waals surface area contributed by atoms with Gasteiger partial charge in [0.1, 0.15) is 5.82 Å². The number of aromatic nitrogens is 1. The second-order valence-corrected chi connectivity index (χ2v) is 9.56. The highest BCUT2D eigenvalue weighted by atomic mass is 32.2. The van der Waals surface area contributed by atoms with Crippen LogP contribution in [-0.2, 0) is 20.8 Å². The Balaban J connectivity index is 1.92. The number of nitrogen functional groups attached to an aromatic ring is 1. The number of pyridine rings is 1. The topological polar surface area (TPSA) is 109 Å². The van der Waals surface area contributed by atoms with E-state index in [1.165, 1.54) is 42.5 Å². The van der Waals surface area contributed by atoms with Crippen LogP contribution in [0.25, 0.3) is 11.1 Å². The van der Waals surface area contributed by atoms with E-state index in [1.807, 2.05) is 11.0 Å². The molecule has 11 heteroatoms. The van der Waals surface area contributed by atoms with Crippen molar-refractivity contribution < 1.29 is 26.3 Å². The monoisotopic (exact) mass is 488 g/mol. The number of nitriles is 1. The largest absolute Gasteiger partial charge is 0.417 e. The molecular formula is C23H19F3N4O3S. The van der Waals surface area contributed by atoms with Crippen molar-refractivity contribution in [1.29, 1.82) is 5.26 Å². The predicted molar refractivity (Wildman–Crippen MR) is 119 cm³/mol. The van der Waals surface area contributed by atoms with Crippen LogP contribution in [0.4, 0.5) is 24.7 Å². The molecule has 1 aliphatic heterocycles. The Labute approximate surface area is 194 Å². The number of halogens is 3. The van der Waals surface area contributed by atoms with Crippen LogP contribution in [-0.4, -0.2) is 39.7 Å². The molecule has 0 radical (unpaired) electrons. The van der Waals surface area contributed by atoms with E-state index in [0.717, 1.165) is 12.3 Å². The van der Waals surface area contributed by atoms with Gasteiger partial charge in [-0.15, -0.1) is 0 Å². The number of ether oxygens (including phenoxy) is 1. The summed E-state index contributed by atoms with van der Waals surface area (Å²) in [5.74, 6) is -0.300. The number of hydrogen-bond donors (Lipinski definition) is 1. The van der Waals surface area contributed by atoms with Crippen LogP contribution >= 0.6 is 0 Å². The zero-order chi connectivity index (χ0) is 24.5. The van der Waals surface area contributed by atoms with E-state index >= 15 is 0 Å². The van der Waals surface area contributed by atoms with Crippen LogP contribution in [0.2, 0.25) is 0 Å². The molecule has 7 nitrogen and oxygen atoms in total. The van der Waals surface area contributed by atoms with Gasteiger partial charge >= 0.3 is 6.18 Å². The highest BCUT2D eigenvalue weighted by molar-refractivity contribution is 7.91. The second-order valence-electron chi connectivity index (χ2n) is 7.61. The molecule has 1 aliphatic rings. The second kappa shape index (κ2) is 8.96. The van der Waals surface area contributed by atoms with Crippen LogP contribution in [0.5, 0.6) is 0 Å². The molecule has 2 aromatic carbocycles. The van der Waals surface area contributed by atoms with Crippen molar-refractivity contribution in [3.63, 3.8) is 0 Å². The summed E-state index contributed by atoms with van der Waals surface area (Å²) < 4.78 is 73.5. The summed E-state index contributed by atoms with van der Waals surface area (Å²) in [7, 11) is -4.11. The molecule has 34 heavy (non-hydrogen) atoms. The highest BCUT2D eigenvalue weighted by Crippen LogP contribution is 2.40. The number of nitrogens with two attached hydrogens (primary N) is 1. The highest BCUT2D eigenvalue weighted by Gasteiger charge is 2.35. The van der Waals surface area contributed by atoms with E-state index in [4.69, 9.17) is 15.7 Å². The molecule has 0 saturated carbocycles. The molecule has 0 spiro atoms. The van der Waals surface area contributed by atoms with Gasteiger partial charge < -0.3 is 15.4 Å². The molecule has 1 aromatic heterocycles. The zero-order valence-electron chi connectivity index (χ0n) is 17.7. The average molecular weight is 488 g/mol. The summed E-state index contributed by atoms with van der Waals surface area (Å²) in [6.07, 6.45) is -3.73. The number of nitrogens with zero attached hydrogens (tertiary/aromatic N) is 3. The van der Waals surface area contributed by atoms with Gasteiger partial charge in [0.25, 0.3) is 0 Å². The van der Waals surface area contributed by atoms with E-state index < -0.39 is 21.6 Å². The number of hydrogen-bond acceptors (Lipinski definition) is 7. The Kier molecular flexibility index (Phi) is 6.20. The molecule has 1 fully saturated rings. The quantitative estimate of drug-likeness (QED) is 0.593. The minimum atomic E-state index is -4.73. The maximum absolute atomic E-state index is 13.8. The van der Waals surface area contributed by atoms with Gasteiger partial charge in [-0.25, -0.2) is 13.4 Å². The molecule has 1 saturated heterocycles. The fourth-order valence-corrected chi connectivity index (χ4v) is 5.00. The first-order chi connectivity index (χ1) is 16.1. The number of rotatable bonds is 4. The molecule has 176 valence electrons. The van der Waals surface area contributed by atoms with Crippen molar-refractivity contribution in [3.8, 4) is 17.2 Å². The molecule has 2 heterocycles. The third-order valence-electron chi connectivity index (χ3n) is 5.41. The molecule has 2 N–H and O–H groups in total. The van der Waals surface area contributed by atoms with Gasteiger partial charge in [-0.05, 0) is 54.1 Å². The van der Waals surface area contributed by atoms with Crippen molar-refractivity contribution in [1.82, 2.24) is 4.98 Å². The van der Waals surface area contributed by atoms with Gasteiger partial charge in [-0.2, -0.15) is 18.4 Å². The predicted octanol–water partition coefficient (Wildman–Crippen LogP) is 3.89. The third kappa shape index (κ3) is 4.69. The summed E-state index contributed by atoms with van der Waals surface area (Å²) in [4.78, 5) is 5.40. The number of benzene rings is 2. The molecule has 0 atom stereocenters. The van der Waals surface area contributed by atoms with Crippen molar-refractivity contribution in [2.24, 2.45) is 0 Å². The Hall–Kier alpha value is -3.62. The SMILES string of the molecule is N#Cc1ccc(S(=O)(=O)c2cc(-c3cnc(N)cc3C(F)(F)F)cc(N3CCOCC3)c2)cc1. The summed E-state index contributed by atoms with van der Waals surface area (Å²) in [5.41, 5.74) is 4.96. The van der Waals surface area contributed by atoms with Crippen LogP contribution in [0.1, 0.15) is 11.1 Å². The lowest BCUT2D eigenvalue weighted by atomic mass is 10.0. The molecule has 0 unspecified atom stereocenters. The molecule has 3 aromatic rings. The molecule has 4 rings (SSSR count). The Morgan fingerprint density at radius 3 is 2.32 bits per heavy atom. The molecule has 0 bridgehead atoms. The van der Waals surface area contributed by atoms with Crippen molar-refractivity contribution in [2.75, 3.05) is 36.9 Å². The van der Waals surface area contributed by atoms with Gasteiger partial charge in [-0.3, -0.25) is 0 Å². The van der Waals surface area contributed by atoms with Gasteiger partial charge in [-0.1, -0.05) is 0 Å². The van der Waals surface area contributed by atoms with Gasteiger partial charge in [0.05, 0.1) is 40.2 Å². The summed E-state index contributed by atoms with van der Waals surface area (Å²) >= 11 is 0. The Morgan fingerprint density at radius 1 is 1.03 bits per heavy atom. The first kappa shape index (κ1) is 23.5. The first-order valence-electron chi connectivity index (χ1n) is 10.2. The minimum Gasteiger partial charge on any atom is -0.384 e. The van der Waals surface area contributed by atoms with Crippen molar-refractivity contribution in [2.45, 2.75) is 16.0 Å². The van der Waals surface area contributed by atoms with Crippen molar-refractivity contribution >= 4 is 21.3 Å². The van der Waals surface area contributed by atoms with E-state index in [1.54, 1.807) is 0 Å². The van der Waals surface area contributed by atoms with E-state index in [-0.39, 0.29) is 32.3 Å². The van der Waals surface area contributed by atoms with Crippen LogP contribution in [0.15, 0.2) is 64.5 Å². The fraction of sp³-hybridized carbons (Fsp3) is 0.217. The lowest BCUT2D eigenvalue weighted by molar-refractivity contribution is -0.137. The van der Waals surface area contributed by atoms with Crippen LogP contribution in [0.3, 0.4) is 0 Å². The lowest BCUT2D eigenvalue weighted by Crippen LogP contribution is -2.36. The summed E-state index contributed by atoms with van der Waals surface area (Å²) in [5, 5.41) is 8.98. The summed E-state index contributed by atoms with van der Waals surface area (Å²) in [6.45, 7) is 1.70. The lowest BCUT2D eigenvalue weighted by Gasteiger charge is -2.29. The maximum Gasteiger partial charge on any atom is 0.417 e. The standard InChI is InChI=1S/C23H19F3N4O3S/c24-23(25,26)21-12-22(28)29-14-20(21)16-9-17(30-5-7-33-8-6-30)11-19(10-16)34(31,32)18-3-1-15(13-27)2-4-18/h1-4,9-12,14H,5-8H2,(H2,28,29). The van der Waals surface area contributed by atoms with Crippen molar-refractivity contribution in [3.05, 3.63) is 65.9 Å². The molecule has 0 amide bonds. The normalized spacial score (nSPS) is 14.6. The maximum atomic E-state index is 13.8. The Morgan fingerprint density at radius 2 is 1.71 bits per heavy atom. The third-order valence-corrected chi connectivity index (χ3v) is 7.16. The minimum absolute atomic E-state index is 0.0380. The Bertz CT molecular complexity index is 1360. The first-order valence-corrected chi connectivity index (χ1v) is 11.6. The summed E-state index contributed by atoms with van der Waals surface area (Å²) in [6, 6.07) is 12.1. The average Bonchev–Trinajstić information content (AvgIpc) is 2.83. The zero-order valence-corrected chi connectivity index (χ0v) is 18.5. The number of sulfone groups is 1. The smallest absolute Gasteiger partial charge is 0.384 e. The van der Waals surface area contributed by atoms with Crippen LogP contribution < -0.4 is 10.6 Å². The van der Waals surface area contributed by atoms with Gasteiger partial charge in [0.2, 0.25) is 9.84 Å². The number of alkyl halides is 3. The number of anilines is 2. The van der Waals surface area contributed by atoms with E-state index in [0.29, 0.717) is 32.0 Å². The van der Waals surface area contributed by atoms with Gasteiger partial charge in [0, 0.05) is 30.5 Å². The van der Waals surface area contributed by atoms with E-state index in [9.17, 15) is 21.6 Å². The fourth-order valence-electron chi connectivity index (χ4n) is 3.68. The molecular weight excluding hydrogens is 469 g/mol. The molecule has 0 aliphatic carbocycles. The van der Waals surface area contributed by atoms with E-state index in [2.05, 4.69) is 4.98 Å². The number of morpholine rings is 1.